The van der Waals surface area contributed by atoms with Crippen molar-refractivity contribution in [3.8, 4) is 0 Å². The van der Waals surface area contributed by atoms with E-state index in [2.05, 4.69) is 16.7 Å². The predicted octanol–water partition coefficient (Wildman–Crippen LogP) is 3.27. The molecule has 0 aliphatic carbocycles. The molecule has 0 radical (unpaired) electrons. The third-order valence-electron chi connectivity index (χ3n) is 4.40. The summed E-state index contributed by atoms with van der Waals surface area (Å²) in [6.45, 7) is 0. The predicted molar refractivity (Wildman–Crippen MR) is 84.1 cm³/mol. The number of benzene rings is 1. The Kier molecular flexibility index (Phi) is 4.32. The summed E-state index contributed by atoms with van der Waals surface area (Å²) in [4.78, 5) is 13.4. The maximum atomic E-state index is 12.2. The average molecular weight is 290 g/mol. The lowest BCUT2D eigenvalue weighted by molar-refractivity contribution is -0.117. The Labute approximate surface area is 124 Å². The SMILES string of the molecule is CSc1cccc(NC(=O)CC2CC3CCC(C2)N3)c1. The van der Waals surface area contributed by atoms with Gasteiger partial charge < -0.3 is 10.6 Å². The minimum atomic E-state index is 0.162. The van der Waals surface area contributed by atoms with E-state index in [-0.39, 0.29) is 5.91 Å². The van der Waals surface area contributed by atoms with Crippen molar-refractivity contribution in [1.82, 2.24) is 5.32 Å². The van der Waals surface area contributed by atoms with Gasteiger partial charge in [-0.05, 0) is 56.1 Å². The zero-order valence-electron chi connectivity index (χ0n) is 11.9. The zero-order chi connectivity index (χ0) is 13.9. The molecule has 2 saturated heterocycles. The Hall–Kier alpha value is -1.00. The minimum Gasteiger partial charge on any atom is -0.326 e. The van der Waals surface area contributed by atoms with E-state index in [0.717, 1.165) is 18.5 Å². The molecule has 0 spiro atoms. The molecule has 2 heterocycles. The van der Waals surface area contributed by atoms with Crippen molar-refractivity contribution in [2.45, 2.75) is 49.1 Å². The fourth-order valence-corrected chi connectivity index (χ4v) is 3.98. The molecule has 2 atom stereocenters. The van der Waals surface area contributed by atoms with E-state index in [9.17, 15) is 4.79 Å². The number of anilines is 1. The van der Waals surface area contributed by atoms with Gasteiger partial charge >= 0.3 is 0 Å². The molecule has 0 saturated carbocycles. The molecule has 2 unspecified atom stereocenters. The summed E-state index contributed by atoms with van der Waals surface area (Å²) in [5.74, 6) is 0.715. The first-order valence-electron chi connectivity index (χ1n) is 7.43. The third kappa shape index (κ3) is 3.36. The Morgan fingerprint density at radius 2 is 2.10 bits per heavy atom. The number of fused-ring (bicyclic) bond motifs is 2. The minimum absolute atomic E-state index is 0.162. The van der Waals surface area contributed by atoms with Crippen LogP contribution in [0.3, 0.4) is 0 Å². The summed E-state index contributed by atoms with van der Waals surface area (Å²) in [6, 6.07) is 9.37. The highest BCUT2D eigenvalue weighted by Gasteiger charge is 2.34. The molecule has 0 aromatic heterocycles. The van der Waals surface area contributed by atoms with Crippen LogP contribution in [0.4, 0.5) is 5.69 Å². The normalized spacial score (nSPS) is 28.4. The van der Waals surface area contributed by atoms with Crippen molar-refractivity contribution in [1.29, 1.82) is 0 Å². The topological polar surface area (TPSA) is 41.1 Å². The van der Waals surface area contributed by atoms with Crippen molar-refractivity contribution in [3.05, 3.63) is 24.3 Å². The van der Waals surface area contributed by atoms with E-state index in [1.807, 2.05) is 24.5 Å². The molecule has 2 bridgehead atoms. The van der Waals surface area contributed by atoms with Gasteiger partial charge in [0.1, 0.15) is 0 Å². The van der Waals surface area contributed by atoms with Gasteiger partial charge in [0, 0.05) is 29.1 Å². The molecule has 20 heavy (non-hydrogen) atoms. The van der Waals surface area contributed by atoms with Crippen molar-refractivity contribution in [3.63, 3.8) is 0 Å². The number of nitrogens with one attached hydrogen (secondary N) is 2. The van der Waals surface area contributed by atoms with Gasteiger partial charge in [0.05, 0.1) is 0 Å². The molecule has 1 aromatic carbocycles. The van der Waals surface area contributed by atoms with Gasteiger partial charge in [0.2, 0.25) is 5.91 Å². The van der Waals surface area contributed by atoms with E-state index < -0.39 is 0 Å². The lowest BCUT2D eigenvalue weighted by Gasteiger charge is -2.28. The van der Waals surface area contributed by atoms with E-state index in [4.69, 9.17) is 0 Å². The number of rotatable bonds is 4. The van der Waals surface area contributed by atoms with E-state index in [0.29, 0.717) is 24.4 Å². The van der Waals surface area contributed by atoms with Crippen molar-refractivity contribution >= 4 is 23.4 Å². The average Bonchev–Trinajstić information content (AvgIpc) is 2.78. The molecule has 3 nitrogen and oxygen atoms in total. The van der Waals surface area contributed by atoms with Gasteiger partial charge in [-0.25, -0.2) is 0 Å². The molecule has 1 amide bonds. The summed E-state index contributed by atoms with van der Waals surface area (Å²) in [5, 5.41) is 6.67. The summed E-state index contributed by atoms with van der Waals surface area (Å²) < 4.78 is 0. The van der Waals surface area contributed by atoms with Crippen molar-refractivity contribution in [2.24, 2.45) is 5.92 Å². The van der Waals surface area contributed by atoms with Crippen molar-refractivity contribution < 1.29 is 4.79 Å². The molecule has 2 aliphatic heterocycles. The Morgan fingerprint density at radius 1 is 1.35 bits per heavy atom. The number of piperidine rings is 1. The fourth-order valence-electron chi connectivity index (χ4n) is 3.52. The second-order valence-electron chi connectivity index (χ2n) is 5.96. The number of thioether (sulfide) groups is 1. The molecule has 4 heteroatoms. The molecule has 108 valence electrons. The number of carbonyl (C=O) groups excluding carboxylic acids is 1. The highest BCUT2D eigenvalue weighted by molar-refractivity contribution is 7.98. The van der Waals surface area contributed by atoms with Gasteiger partial charge in [-0.3, -0.25) is 4.79 Å². The monoisotopic (exact) mass is 290 g/mol. The van der Waals surface area contributed by atoms with Gasteiger partial charge in [-0.1, -0.05) is 6.07 Å². The van der Waals surface area contributed by atoms with Crippen LogP contribution < -0.4 is 10.6 Å². The molecule has 3 rings (SSSR count). The fraction of sp³-hybridized carbons (Fsp3) is 0.562. The zero-order valence-corrected chi connectivity index (χ0v) is 12.7. The van der Waals surface area contributed by atoms with Gasteiger partial charge in [-0.15, -0.1) is 11.8 Å². The number of hydrogen-bond donors (Lipinski definition) is 2. The van der Waals surface area contributed by atoms with E-state index in [1.165, 1.54) is 17.7 Å². The highest BCUT2D eigenvalue weighted by atomic mass is 32.2. The Bertz CT molecular complexity index is 479. The van der Waals surface area contributed by atoms with E-state index >= 15 is 0 Å². The molecular weight excluding hydrogens is 268 g/mol. The first kappa shape index (κ1) is 14.0. The number of amides is 1. The van der Waals surface area contributed by atoms with E-state index in [1.54, 1.807) is 11.8 Å². The molecule has 2 fully saturated rings. The number of hydrogen-bond acceptors (Lipinski definition) is 3. The Morgan fingerprint density at radius 3 is 2.80 bits per heavy atom. The van der Waals surface area contributed by atoms with Crippen LogP contribution in [0.15, 0.2) is 29.2 Å². The van der Waals surface area contributed by atoms with Crippen LogP contribution in [0, 0.1) is 5.92 Å². The van der Waals surface area contributed by atoms with Crippen LogP contribution in [0.2, 0.25) is 0 Å². The smallest absolute Gasteiger partial charge is 0.224 e. The van der Waals surface area contributed by atoms with Crippen LogP contribution in [0.5, 0.6) is 0 Å². The second-order valence-corrected chi connectivity index (χ2v) is 6.84. The lowest BCUT2D eigenvalue weighted by Crippen LogP contribution is -2.39. The van der Waals surface area contributed by atoms with Crippen molar-refractivity contribution in [2.75, 3.05) is 11.6 Å². The highest BCUT2D eigenvalue weighted by Crippen LogP contribution is 2.32. The first-order chi connectivity index (χ1) is 9.72. The lowest BCUT2D eigenvalue weighted by atomic mass is 9.89. The Balaban J connectivity index is 1.54. The molecule has 1 aromatic rings. The van der Waals surface area contributed by atoms with Crippen LogP contribution in [-0.4, -0.2) is 24.2 Å². The van der Waals surface area contributed by atoms with Crippen LogP contribution in [0.1, 0.15) is 32.1 Å². The van der Waals surface area contributed by atoms with Crippen LogP contribution >= 0.6 is 11.8 Å². The summed E-state index contributed by atoms with van der Waals surface area (Å²) in [6.07, 6.45) is 7.62. The maximum Gasteiger partial charge on any atom is 0.224 e. The van der Waals surface area contributed by atoms with Gasteiger partial charge in [0.25, 0.3) is 0 Å². The van der Waals surface area contributed by atoms with Crippen LogP contribution in [-0.2, 0) is 4.79 Å². The quantitative estimate of drug-likeness (QED) is 0.836. The summed E-state index contributed by atoms with van der Waals surface area (Å²) >= 11 is 1.69. The standard InChI is InChI=1S/C16H22N2OS/c1-20-15-4-2-3-12(10-15)18-16(19)9-11-7-13-5-6-14(8-11)17-13/h2-4,10-11,13-14,17H,5-9H2,1H3,(H,18,19). The largest absolute Gasteiger partial charge is 0.326 e. The second kappa shape index (κ2) is 6.19. The van der Waals surface area contributed by atoms with Gasteiger partial charge in [0.15, 0.2) is 0 Å². The summed E-state index contributed by atoms with van der Waals surface area (Å²) in [7, 11) is 0. The maximum absolute atomic E-state index is 12.2. The summed E-state index contributed by atoms with van der Waals surface area (Å²) in [5.41, 5.74) is 0.916. The van der Waals surface area contributed by atoms with Gasteiger partial charge in [-0.2, -0.15) is 0 Å². The van der Waals surface area contributed by atoms with Crippen LogP contribution in [0.25, 0.3) is 0 Å². The molecule has 2 aliphatic rings. The molecular formula is C16H22N2OS. The third-order valence-corrected chi connectivity index (χ3v) is 5.12. The number of carbonyl (C=O) groups is 1. The first-order valence-corrected chi connectivity index (χ1v) is 8.65. The molecule has 2 N–H and O–H groups in total.